The number of aryl methyl sites for hydroxylation is 1. The van der Waals surface area contributed by atoms with Gasteiger partial charge in [-0.15, -0.1) is 0 Å². The van der Waals surface area contributed by atoms with Gasteiger partial charge in [-0.3, -0.25) is 0 Å². The fraction of sp³-hybridized carbons (Fsp3) is 0.381. The van der Waals surface area contributed by atoms with Crippen LogP contribution in [0.2, 0.25) is 5.02 Å². The van der Waals surface area contributed by atoms with Crippen LogP contribution in [0.25, 0.3) is 22.6 Å². The number of halogens is 1. The van der Waals surface area contributed by atoms with Crippen molar-refractivity contribution in [3.63, 3.8) is 0 Å². The van der Waals surface area contributed by atoms with Crippen LogP contribution in [-0.2, 0) is 6.54 Å². The zero-order valence-electron chi connectivity index (χ0n) is 15.5. The number of pyridine rings is 1. The first-order valence-corrected chi connectivity index (χ1v) is 9.84. The Morgan fingerprint density at radius 2 is 1.85 bits per heavy atom. The van der Waals surface area contributed by atoms with E-state index >= 15 is 0 Å². The molecule has 0 aliphatic rings. The van der Waals surface area contributed by atoms with Gasteiger partial charge in [0.2, 0.25) is 0 Å². The van der Waals surface area contributed by atoms with E-state index in [0.29, 0.717) is 16.5 Å². The van der Waals surface area contributed by atoms with Crippen molar-refractivity contribution in [2.75, 3.05) is 0 Å². The van der Waals surface area contributed by atoms with E-state index in [1.54, 1.807) is 12.1 Å². The summed E-state index contributed by atoms with van der Waals surface area (Å²) in [4.78, 5) is 20.3. The van der Waals surface area contributed by atoms with Crippen LogP contribution in [0.5, 0.6) is 0 Å². The van der Waals surface area contributed by atoms with Gasteiger partial charge >= 0.3 is 5.97 Å². The number of hydrogen-bond donors (Lipinski definition) is 1. The molecule has 3 aromatic rings. The first kappa shape index (κ1) is 19.4. The molecule has 27 heavy (non-hydrogen) atoms. The number of carboxylic acid groups (broad SMARTS) is 1. The Morgan fingerprint density at radius 1 is 1.07 bits per heavy atom. The van der Waals surface area contributed by atoms with Crippen LogP contribution in [0.3, 0.4) is 0 Å². The Bertz CT molecular complexity index is 936. The highest BCUT2D eigenvalue weighted by molar-refractivity contribution is 6.31. The molecule has 1 N–H and O–H groups in total. The Balaban J connectivity index is 1.92. The summed E-state index contributed by atoms with van der Waals surface area (Å²) in [6.45, 7) is 3.02. The normalized spacial score (nSPS) is 11.2. The van der Waals surface area contributed by atoms with Gasteiger partial charge in [-0.25, -0.2) is 14.8 Å². The summed E-state index contributed by atoms with van der Waals surface area (Å²) in [6, 6.07) is 10.6. The molecule has 0 saturated heterocycles. The highest BCUT2D eigenvalue weighted by Gasteiger charge is 2.15. The molecule has 0 saturated carbocycles. The third-order valence-corrected chi connectivity index (χ3v) is 4.88. The molecule has 0 aliphatic carbocycles. The van der Waals surface area contributed by atoms with Crippen LogP contribution >= 0.6 is 11.6 Å². The number of hydrogen-bond acceptors (Lipinski definition) is 3. The Labute approximate surface area is 164 Å². The number of nitrogens with zero attached hydrogens (tertiary/aromatic N) is 3. The summed E-state index contributed by atoms with van der Waals surface area (Å²) in [5.41, 5.74) is 2.37. The number of unbranched alkanes of at least 4 members (excludes halogenated alkanes) is 5. The molecule has 5 nitrogen and oxygen atoms in total. The smallest absolute Gasteiger partial charge is 0.354 e. The SMILES string of the molecule is CCCCCCCCn1c(-c2cccc(C(=O)O)n2)nc2ccc(Cl)cc21. The molecule has 0 fully saturated rings. The molecule has 1 aromatic carbocycles. The molecule has 3 rings (SSSR count). The van der Waals surface area contributed by atoms with Gasteiger partial charge in [0.05, 0.1) is 11.0 Å². The van der Waals surface area contributed by atoms with E-state index in [1.807, 2.05) is 18.2 Å². The molecule has 2 aromatic heterocycles. The largest absolute Gasteiger partial charge is 0.477 e. The number of aromatic nitrogens is 3. The van der Waals surface area contributed by atoms with E-state index in [-0.39, 0.29) is 5.69 Å². The lowest BCUT2D eigenvalue weighted by Crippen LogP contribution is -2.05. The van der Waals surface area contributed by atoms with E-state index in [2.05, 4.69) is 16.5 Å². The second kappa shape index (κ2) is 9.00. The van der Waals surface area contributed by atoms with Crippen molar-refractivity contribution >= 4 is 28.6 Å². The Morgan fingerprint density at radius 3 is 2.63 bits per heavy atom. The van der Waals surface area contributed by atoms with Crippen LogP contribution < -0.4 is 0 Å². The summed E-state index contributed by atoms with van der Waals surface area (Å²) >= 11 is 6.20. The predicted molar refractivity (Wildman–Crippen MR) is 108 cm³/mol. The van der Waals surface area contributed by atoms with Gasteiger partial charge in [0.25, 0.3) is 0 Å². The van der Waals surface area contributed by atoms with Crippen LogP contribution in [0.1, 0.15) is 55.9 Å². The number of carboxylic acids is 1. The molecule has 0 aliphatic heterocycles. The van der Waals surface area contributed by atoms with Crippen molar-refractivity contribution in [2.45, 2.75) is 52.0 Å². The van der Waals surface area contributed by atoms with Gasteiger partial charge in [-0.05, 0) is 36.8 Å². The molecular weight excluding hydrogens is 362 g/mol. The fourth-order valence-corrected chi connectivity index (χ4v) is 3.41. The third-order valence-electron chi connectivity index (χ3n) is 4.64. The van der Waals surface area contributed by atoms with Crippen LogP contribution in [-0.4, -0.2) is 25.6 Å². The second-order valence-electron chi connectivity index (χ2n) is 6.70. The zero-order chi connectivity index (χ0) is 19.2. The molecule has 0 bridgehead atoms. The van der Waals surface area contributed by atoms with Gasteiger partial charge in [0.15, 0.2) is 5.82 Å². The quantitative estimate of drug-likeness (QED) is 0.472. The van der Waals surface area contributed by atoms with Crippen molar-refractivity contribution in [3.05, 3.63) is 47.1 Å². The van der Waals surface area contributed by atoms with E-state index in [0.717, 1.165) is 30.4 Å². The number of carbonyl (C=O) groups is 1. The maximum absolute atomic E-state index is 11.3. The summed E-state index contributed by atoms with van der Waals surface area (Å²) in [5, 5.41) is 9.90. The number of benzene rings is 1. The number of fused-ring (bicyclic) bond motifs is 1. The lowest BCUT2D eigenvalue weighted by atomic mass is 10.1. The van der Waals surface area contributed by atoms with Crippen molar-refractivity contribution < 1.29 is 9.90 Å². The minimum absolute atomic E-state index is 0.0173. The van der Waals surface area contributed by atoms with Crippen molar-refractivity contribution in [3.8, 4) is 11.5 Å². The van der Waals surface area contributed by atoms with Gasteiger partial charge < -0.3 is 9.67 Å². The van der Waals surface area contributed by atoms with E-state index < -0.39 is 5.97 Å². The lowest BCUT2D eigenvalue weighted by Gasteiger charge is -2.09. The van der Waals surface area contributed by atoms with E-state index in [9.17, 15) is 9.90 Å². The highest BCUT2D eigenvalue weighted by atomic mass is 35.5. The van der Waals surface area contributed by atoms with E-state index in [1.165, 1.54) is 31.7 Å². The number of imidazole rings is 1. The summed E-state index contributed by atoms with van der Waals surface area (Å²) < 4.78 is 2.11. The molecule has 0 atom stereocenters. The molecule has 0 unspecified atom stereocenters. The minimum atomic E-state index is -1.04. The molecule has 2 heterocycles. The molecule has 142 valence electrons. The monoisotopic (exact) mass is 385 g/mol. The Hall–Kier alpha value is -2.40. The predicted octanol–water partition coefficient (Wildman–Crippen LogP) is 5.81. The topological polar surface area (TPSA) is 68.0 Å². The van der Waals surface area contributed by atoms with Crippen molar-refractivity contribution in [1.82, 2.24) is 14.5 Å². The molecule has 0 spiro atoms. The summed E-state index contributed by atoms with van der Waals surface area (Å²) in [5.74, 6) is -0.359. The Kier molecular flexibility index (Phi) is 6.45. The lowest BCUT2D eigenvalue weighted by molar-refractivity contribution is 0.0690. The summed E-state index contributed by atoms with van der Waals surface area (Å²) in [6.07, 6.45) is 7.20. The van der Waals surface area contributed by atoms with Crippen LogP contribution in [0.4, 0.5) is 0 Å². The van der Waals surface area contributed by atoms with Gasteiger partial charge in [-0.2, -0.15) is 0 Å². The fourth-order valence-electron chi connectivity index (χ4n) is 3.25. The van der Waals surface area contributed by atoms with Crippen molar-refractivity contribution in [2.24, 2.45) is 0 Å². The second-order valence-corrected chi connectivity index (χ2v) is 7.14. The van der Waals surface area contributed by atoms with E-state index in [4.69, 9.17) is 16.6 Å². The number of aromatic carboxylic acids is 1. The standard InChI is InChI=1S/C21H24ClN3O2/c1-2-3-4-5-6-7-13-25-19-14-15(22)11-12-16(19)24-20(25)17-9-8-10-18(23-17)21(26)27/h8-12,14H,2-7,13H2,1H3,(H,26,27). The van der Waals surface area contributed by atoms with Crippen molar-refractivity contribution in [1.29, 1.82) is 0 Å². The average Bonchev–Trinajstić information content (AvgIpc) is 3.02. The zero-order valence-corrected chi connectivity index (χ0v) is 16.2. The average molecular weight is 386 g/mol. The third kappa shape index (κ3) is 4.66. The first-order valence-electron chi connectivity index (χ1n) is 9.46. The molecule has 0 amide bonds. The molecule has 6 heteroatoms. The number of rotatable bonds is 9. The van der Waals surface area contributed by atoms with Gasteiger partial charge in [0.1, 0.15) is 11.4 Å². The van der Waals surface area contributed by atoms with Crippen LogP contribution in [0.15, 0.2) is 36.4 Å². The maximum Gasteiger partial charge on any atom is 0.354 e. The maximum atomic E-state index is 11.3. The molecule has 0 radical (unpaired) electrons. The first-order chi connectivity index (χ1) is 13.1. The van der Waals surface area contributed by atoms with Gasteiger partial charge in [0, 0.05) is 11.6 Å². The minimum Gasteiger partial charge on any atom is -0.477 e. The van der Waals surface area contributed by atoms with Gasteiger partial charge in [-0.1, -0.05) is 56.7 Å². The van der Waals surface area contributed by atoms with Crippen LogP contribution in [0, 0.1) is 0 Å². The highest BCUT2D eigenvalue weighted by Crippen LogP contribution is 2.27. The molecular formula is C21H24ClN3O2. The summed E-state index contributed by atoms with van der Waals surface area (Å²) in [7, 11) is 0.